The van der Waals surface area contributed by atoms with Crippen molar-refractivity contribution in [3.63, 3.8) is 0 Å². The number of hydrogen-bond donors (Lipinski definition) is 1. The first-order valence-electron chi connectivity index (χ1n) is 10.6. The van der Waals surface area contributed by atoms with E-state index in [0.29, 0.717) is 40.6 Å². The Morgan fingerprint density at radius 1 is 1.16 bits per heavy atom. The molecule has 2 aromatic heterocycles. The molecule has 3 aromatic rings. The minimum Gasteiger partial charge on any atom is -0.478 e. The van der Waals surface area contributed by atoms with Gasteiger partial charge in [-0.25, -0.2) is 14.6 Å². The molecule has 0 aliphatic heterocycles. The largest absolute Gasteiger partial charge is 0.478 e. The second-order valence-corrected chi connectivity index (χ2v) is 9.62. The van der Waals surface area contributed by atoms with Crippen LogP contribution in [0.15, 0.2) is 40.1 Å². The van der Waals surface area contributed by atoms with Gasteiger partial charge in [0.15, 0.2) is 0 Å². The molecule has 0 bridgehead atoms. The summed E-state index contributed by atoms with van der Waals surface area (Å²) in [4.78, 5) is 42.1. The molecule has 1 aromatic carbocycles. The zero-order valence-corrected chi connectivity index (χ0v) is 19.0. The van der Waals surface area contributed by atoms with E-state index in [1.807, 2.05) is 12.1 Å². The second-order valence-electron chi connectivity index (χ2n) is 9.62. The number of para-hydroxylation sites is 1. The number of pyridine rings is 1. The Balaban J connectivity index is 2.06. The van der Waals surface area contributed by atoms with Gasteiger partial charge in [-0.3, -0.25) is 9.36 Å². The molecule has 0 saturated carbocycles. The molecule has 1 unspecified atom stereocenters. The maximum absolute atomic E-state index is 12.8. The molecule has 0 spiro atoms. The van der Waals surface area contributed by atoms with Crippen molar-refractivity contribution in [1.82, 2.24) is 14.1 Å². The summed E-state index contributed by atoms with van der Waals surface area (Å²) in [7, 11) is 3.05. The summed E-state index contributed by atoms with van der Waals surface area (Å²) < 4.78 is 2.45. The molecule has 0 fully saturated rings. The Morgan fingerprint density at radius 3 is 2.50 bits per heavy atom. The van der Waals surface area contributed by atoms with Gasteiger partial charge in [0.1, 0.15) is 0 Å². The number of carboxylic acids is 1. The molecule has 0 saturated heterocycles. The van der Waals surface area contributed by atoms with Gasteiger partial charge < -0.3 is 9.67 Å². The van der Waals surface area contributed by atoms with Gasteiger partial charge in [-0.05, 0) is 47.5 Å². The van der Waals surface area contributed by atoms with E-state index >= 15 is 0 Å². The van der Waals surface area contributed by atoms with Gasteiger partial charge in [-0.15, -0.1) is 0 Å². The summed E-state index contributed by atoms with van der Waals surface area (Å²) in [6.07, 6.45) is 4.55. The summed E-state index contributed by atoms with van der Waals surface area (Å²) >= 11 is 0. The van der Waals surface area contributed by atoms with Crippen LogP contribution < -0.4 is 11.2 Å². The molecule has 0 amide bonds. The fraction of sp³-hybridized carbons (Fsp3) is 0.360. The van der Waals surface area contributed by atoms with Crippen LogP contribution in [0.25, 0.3) is 22.6 Å². The number of allylic oxidation sites excluding steroid dienone is 1. The number of carbonyl (C=O) groups is 1. The predicted octanol–water partition coefficient (Wildman–Crippen LogP) is 3.48. The maximum Gasteiger partial charge on any atom is 0.336 e. The minimum absolute atomic E-state index is 0.0767. The lowest BCUT2D eigenvalue weighted by Gasteiger charge is -2.36. The number of aromatic carboxylic acids is 1. The van der Waals surface area contributed by atoms with E-state index in [9.17, 15) is 19.5 Å². The molecule has 4 rings (SSSR count). The van der Waals surface area contributed by atoms with Crippen LogP contribution in [-0.2, 0) is 20.5 Å². The highest BCUT2D eigenvalue weighted by molar-refractivity contribution is 6.05. The van der Waals surface area contributed by atoms with Gasteiger partial charge in [0.25, 0.3) is 5.56 Å². The van der Waals surface area contributed by atoms with E-state index < -0.39 is 11.7 Å². The van der Waals surface area contributed by atoms with Crippen molar-refractivity contribution >= 4 is 28.5 Å². The number of aryl methyl sites for hydroxylation is 1. The molecule has 7 heteroatoms. The standard InChI is InChI=1S/C25H27N3O4/c1-25(2,3)16-11-14(10-15-13-27(4)24(32)28(5)22(15)29)21-18(12-16)20(23(30)31)17-8-6-7-9-19(17)26-21/h6-10,13,16H,11-12H2,1-5H3,(H,30,31). The van der Waals surface area contributed by atoms with Crippen LogP contribution in [0.5, 0.6) is 0 Å². The van der Waals surface area contributed by atoms with Crippen LogP contribution in [0.3, 0.4) is 0 Å². The van der Waals surface area contributed by atoms with Gasteiger partial charge in [0.05, 0.1) is 22.3 Å². The zero-order valence-electron chi connectivity index (χ0n) is 19.0. The van der Waals surface area contributed by atoms with E-state index in [-0.39, 0.29) is 22.5 Å². The third kappa shape index (κ3) is 3.57. The number of carboxylic acid groups (broad SMARTS) is 1. The molecule has 0 radical (unpaired) electrons. The van der Waals surface area contributed by atoms with Gasteiger partial charge in [-0.1, -0.05) is 39.0 Å². The fourth-order valence-electron chi connectivity index (χ4n) is 4.50. The first kappa shape index (κ1) is 21.7. The van der Waals surface area contributed by atoms with Crippen molar-refractivity contribution in [3.8, 4) is 0 Å². The monoisotopic (exact) mass is 433 g/mol. The average Bonchev–Trinajstić information content (AvgIpc) is 2.73. The van der Waals surface area contributed by atoms with Crippen molar-refractivity contribution in [2.24, 2.45) is 25.4 Å². The SMILES string of the molecule is Cn1cc(C=C2CC(C(C)(C)C)Cc3c2nc2ccccc2c3C(=O)O)c(=O)n(C)c1=O. The summed E-state index contributed by atoms with van der Waals surface area (Å²) in [6.45, 7) is 6.42. The van der Waals surface area contributed by atoms with Crippen LogP contribution in [-0.4, -0.2) is 25.2 Å². The summed E-state index contributed by atoms with van der Waals surface area (Å²) in [5.74, 6) is -0.814. The first-order valence-corrected chi connectivity index (χ1v) is 10.6. The average molecular weight is 434 g/mol. The Labute approximate surface area is 185 Å². The van der Waals surface area contributed by atoms with Crippen molar-refractivity contribution in [1.29, 1.82) is 0 Å². The number of aromatic nitrogens is 3. The Bertz CT molecular complexity index is 1400. The molecule has 7 nitrogen and oxygen atoms in total. The molecule has 1 aliphatic carbocycles. The van der Waals surface area contributed by atoms with Gasteiger partial charge >= 0.3 is 11.7 Å². The van der Waals surface area contributed by atoms with Gasteiger partial charge in [0.2, 0.25) is 0 Å². The lowest BCUT2D eigenvalue weighted by atomic mass is 9.69. The topological polar surface area (TPSA) is 94.2 Å². The molecular formula is C25H27N3O4. The highest BCUT2D eigenvalue weighted by Crippen LogP contribution is 2.44. The first-order chi connectivity index (χ1) is 15.0. The van der Waals surface area contributed by atoms with Crippen LogP contribution in [0.4, 0.5) is 0 Å². The van der Waals surface area contributed by atoms with Crippen LogP contribution in [0, 0.1) is 11.3 Å². The van der Waals surface area contributed by atoms with E-state index in [2.05, 4.69) is 20.8 Å². The molecule has 1 atom stereocenters. The Morgan fingerprint density at radius 2 is 1.84 bits per heavy atom. The lowest BCUT2D eigenvalue weighted by Crippen LogP contribution is -2.37. The lowest BCUT2D eigenvalue weighted by molar-refractivity contribution is 0.0696. The van der Waals surface area contributed by atoms with Gasteiger partial charge in [-0.2, -0.15) is 0 Å². The van der Waals surface area contributed by atoms with Crippen molar-refractivity contribution in [2.45, 2.75) is 33.6 Å². The van der Waals surface area contributed by atoms with Crippen LogP contribution in [0.2, 0.25) is 0 Å². The highest BCUT2D eigenvalue weighted by atomic mass is 16.4. The molecule has 166 valence electrons. The third-order valence-electron chi connectivity index (χ3n) is 6.46. The smallest absolute Gasteiger partial charge is 0.336 e. The van der Waals surface area contributed by atoms with E-state index in [4.69, 9.17) is 4.98 Å². The number of benzene rings is 1. The minimum atomic E-state index is -0.980. The number of nitrogens with zero attached hydrogens (tertiary/aromatic N) is 3. The molecule has 1 aliphatic rings. The number of fused-ring (bicyclic) bond motifs is 2. The summed E-state index contributed by atoms with van der Waals surface area (Å²) in [6, 6.07) is 7.25. The number of hydrogen-bond acceptors (Lipinski definition) is 4. The normalized spacial score (nSPS) is 17.5. The fourth-order valence-corrected chi connectivity index (χ4v) is 4.50. The molecule has 2 heterocycles. The van der Waals surface area contributed by atoms with E-state index in [1.165, 1.54) is 17.8 Å². The van der Waals surface area contributed by atoms with Crippen LogP contribution in [0.1, 0.15) is 54.4 Å². The number of rotatable bonds is 2. The summed E-state index contributed by atoms with van der Waals surface area (Å²) in [5.41, 5.74) is 2.54. The van der Waals surface area contributed by atoms with Crippen molar-refractivity contribution in [3.05, 3.63) is 73.7 Å². The summed E-state index contributed by atoms with van der Waals surface area (Å²) in [5, 5.41) is 10.7. The molecule has 1 N–H and O–H groups in total. The third-order valence-corrected chi connectivity index (χ3v) is 6.46. The van der Waals surface area contributed by atoms with Gasteiger partial charge in [0, 0.05) is 25.7 Å². The highest BCUT2D eigenvalue weighted by Gasteiger charge is 2.35. The van der Waals surface area contributed by atoms with E-state index in [1.54, 1.807) is 25.3 Å². The van der Waals surface area contributed by atoms with Crippen molar-refractivity contribution < 1.29 is 9.90 Å². The van der Waals surface area contributed by atoms with Crippen molar-refractivity contribution in [2.75, 3.05) is 0 Å². The Kier molecular flexibility index (Phi) is 5.15. The quantitative estimate of drug-likeness (QED) is 0.668. The van der Waals surface area contributed by atoms with E-state index in [0.717, 1.165) is 10.1 Å². The second kappa shape index (κ2) is 7.58. The Hall–Kier alpha value is -3.48. The maximum atomic E-state index is 12.8. The zero-order chi connectivity index (χ0) is 23.4. The van der Waals surface area contributed by atoms with Crippen LogP contribution >= 0.6 is 0 Å². The molecular weight excluding hydrogens is 406 g/mol. The molecule has 32 heavy (non-hydrogen) atoms. The predicted molar refractivity (Wildman–Crippen MR) is 125 cm³/mol.